The Balaban J connectivity index is 1.95. The highest BCUT2D eigenvalue weighted by molar-refractivity contribution is 5.44. The van der Waals surface area contributed by atoms with Gasteiger partial charge in [-0.05, 0) is 28.7 Å². The fourth-order valence-electron chi connectivity index (χ4n) is 3.15. The molecule has 90 valence electrons. The third-order valence-corrected chi connectivity index (χ3v) is 4.00. The molecular weight excluding hydrogens is 222 g/mol. The average molecular weight is 237 g/mol. The van der Waals surface area contributed by atoms with E-state index in [1.165, 1.54) is 22.3 Å². The normalized spacial score (nSPS) is 24.9. The molecule has 1 heterocycles. The maximum atomic E-state index is 5.91. The number of hydrogen-bond donors (Lipinski definition) is 1. The van der Waals surface area contributed by atoms with E-state index in [0.717, 1.165) is 6.42 Å². The van der Waals surface area contributed by atoms with Gasteiger partial charge in [0.1, 0.15) is 6.10 Å². The minimum absolute atomic E-state index is 0.157. The Hall–Kier alpha value is -1.64. The highest BCUT2D eigenvalue weighted by atomic mass is 16.5. The standard InChI is InChI=1S/C16H15NO/c1-3-7-13-11(5-1)9-12-6-2-4-8-14(12)16-15(13)17-10-18-16/h1-8,15-17H,9-10H2. The topological polar surface area (TPSA) is 21.3 Å². The Morgan fingerprint density at radius 2 is 1.56 bits per heavy atom. The quantitative estimate of drug-likeness (QED) is 0.760. The molecule has 0 radical (unpaired) electrons. The third-order valence-electron chi connectivity index (χ3n) is 4.00. The van der Waals surface area contributed by atoms with Crippen LogP contribution in [0.2, 0.25) is 0 Å². The summed E-state index contributed by atoms with van der Waals surface area (Å²) < 4.78 is 5.91. The maximum Gasteiger partial charge on any atom is 0.104 e. The molecule has 0 saturated carbocycles. The molecule has 1 aliphatic carbocycles. The van der Waals surface area contributed by atoms with E-state index in [9.17, 15) is 0 Å². The van der Waals surface area contributed by atoms with Crippen LogP contribution in [0.15, 0.2) is 48.5 Å². The van der Waals surface area contributed by atoms with E-state index >= 15 is 0 Å². The second-order valence-electron chi connectivity index (χ2n) is 4.99. The Morgan fingerprint density at radius 1 is 0.889 bits per heavy atom. The van der Waals surface area contributed by atoms with Crippen molar-refractivity contribution in [3.8, 4) is 0 Å². The molecule has 2 heteroatoms. The van der Waals surface area contributed by atoms with Gasteiger partial charge in [-0.3, -0.25) is 5.32 Å². The monoisotopic (exact) mass is 237 g/mol. The average Bonchev–Trinajstić information content (AvgIpc) is 2.84. The van der Waals surface area contributed by atoms with Crippen molar-refractivity contribution >= 4 is 0 Å². The summed E-state index contributed by atoms with van der Waals surface area (Å²) >= 11 is 0. The van der Waals surface area contributed by atoms with Crippen molar-refractivity contribution in [3.05, 3.63) is 70.8 Å². The second-order valence-corrected chi connectivity index (χ2v) is 4.99. The number of ether oxygens (including phenoxy) is 1. The van der Waals surface area contributed by atoms with Gasteiger partial charge >= 0.3 is 0 Å². The summed E-state index contributed by atoms with van der Waals surface area (Å²) in [5, 5.41) is 3.47. The fourth-order valence-corrected chi connectivity index (χ4v) is 3.15. The molecule has 18 heavy (non-hydrogen) atoms. The van der Waals surface area contributed by atoms with Crippen LogP contribution in [0.25, 0.3) is 0 Å². The van der Waals surface area contributed by atoms with Crippen LogP contribution in [-0.4, -0.2) is 6.73 Å². The van der Waals surface area contributed by atoms with Crippen LogP contribution in [0.3, 0.4) is 0 Å². The SMILES string of the molecule is c1ccc2c(c1)Cc1ccccc1C1OCNC21. The Bertz CT molecular complexity index is 542. The van der Waals surface area contributed by atoms with Crippen molar-refractivity contribution in [2.45, 2.75) is 18.6 Å². The number of nitrogens with one attached hydrogen (secondary N) is 1. The first-order valence-corrected chi connectivity index (χ1v) is 6.44. The van der Waals surface area contributed by atoms with E-state index in [4.69, 9.17) is 4.74 Å². The lowest BCUT2D eigenvalue weighted by Crippen LogP contribution is -2.17. The molecule has 2 aromatic carbocycles. The first-order chi connectivity index (χ1) is 8.93. The van der Waals surface area contributed by atoms with Crippen LogP contribution in [0.5, 0.6) is 0 Å². The van der Waals surface area contributed by atoms with Crippen LogP contribution >= 0.6 is 0 Å². The number of fused-ring (bicyclic) bond motifs is 5. The molecule has 1 N–H and O–H groups in total. The summed E-state index contributed by atoms with van der Waals surface area (Å²) in [6.45, 7) is 0.637. The zero-order valence-corrected chi connectivity index (χ0v) is 10.1. The van der Waals surface area contributed by atoms with Gasteiger partial charge in [-0.15, -0.1) is 0 Å². The first kappa shape index (κ1) is 10.3. The summed E-state index contributed by atoms with van der Waals surface area (Å²) in [5.41, 5.74) is 5.52. The predicted molar refractivity (Wildman–Crippen MR) is 70.3 cm³/mol. The summed E-state index contributed by atoms with van der Waals surface area (Å²) in [6.07, 6.45) is 1.16. The van der Waals surface area contributed by atoms with Crippen molar-refractivity contribution in [2.24, 2.45) is 0 Å². The first-order valence-electron chi connectivity index (χ1n) is 6.44. The van der Waals surface area contributed by atoms with Crippen molar-refractivity contribution in [1.82, 2.24) is 5.32 Å². The molecule has 2 atom stereocenters. The molecular formula is C16H15NO. The van der Waals surface area contributed by atoms with Crippen molar-refractivity contribution in [2.75, 3.05) is 6.73 Å². The molecule has 2 unspecified atom stereocenters. The summed E-state index contributed by atoms with van der Waals surface area (Å²) in [6, 6.07) is 17.6. The molecule has 4 rings (SSSR count). The van der Waals surface area contributed by atoms with Crippen LogP contribution in [0.1, 0.15) is 34.4 Å². The van der Waals surface area contributed by atoms with Gasteiger partial charge in [-0.1, -0.05) is 48.5 Å². The van der Waals surface area contributed by atoms with Crippen molar-refractivity contribution in [3.63, 3.8) is 0 Å². The molecule has 2 aliphatic rings. The van der Waals surface area contributed by atoms with Gasteiger partial charge in [0.15, 0.2) is 0 Å². The molecule has 1 aliphatic heterocycles. The Kier molecular flexibility index (Phi) is 2.25. The fraction of sp³-hybridized carbons (Fsp3) is 0.250. The number of hydrogen-bond acceptors (Lipinski definition) is 2. The van der Waals surface area contributed by atoms with E-state index < -0.39 is 0 Å². The van der Waals surface area contributed by atoms with Gasteiger partial charge in [0.05, 0.1) is 12.8 Å². The van der Waals surface area contributed by atoms with Crippen LogP contribution in [0, 0.1) is 0 Å². The molecule has 0 bridgehead atoms. The van der Waals surface area contributed by atoms with Gasteiger partial charge in [0.2, 0.25) is 0 Å². The van der Waals surface area contributed by atoms with Gasteiger partial charge in [0, 0.05) is 0 Å². The lowest BCUT2D eigenvalue weighted by molar-refractivity contribution is 0.103. The minimum atomic E-state index is 0.157. The third kappa shape index (κ3) is 1.43. The van der Waals surface area contributed by atoms with Gasteiger partial charge < -0.3 is 4.74 Å². The minimum Gasteiger partial charge on any atom is -0.356 e. The summed E-state index contributed by atoms with van der Waals surface area (Å²) in [7, 11) is 0. The second kappa shape index (κ2) is 3.94. The van der Waals surface area contributed by atoms with Crippen molar-refractivity contribution in [1.29, 1.82) is 0 Å². The predicted octanol–water partition coefficient (Wildman–Crippen LogP) is 2.95. The smallest absolute Gasteiger partial charge is 0.104 e. The zero-order valence-electron chi connectivity index (χ0n) is 10.1. The van der Waals surface area contributed by atoms with E-state index in [1.54, 1.807) is 0 Å². The van der Waals surface area contributed by atoms with Gasteiger partial charge in [0.25, 0.3) is 0 Å². The maximum absolute atomic E-state index is 5.91. The molecule has 0 amide bonds. The van der Waals surface area contributed by atoms with E-state index in [0.29, 0.717) is 12.8 Å². The zero-order chi connectivity index (χ0) is 11.9. The van der Waals surface area contributed by atoms with Gasteiger partial charge in [-0.25, -0.2) is 0 Å². The van der Waals surface area contributed by atoms with Crippen LogP contribution in [-0.2, 0) is 11.2 Å². The Labute approximate surface area is 107 Å². The molecule has 2 nitrogen and oxygen atoms in total. The Morgan fingerprint density at radius 3 is 2.39 bits per heavy atom. The summed E-state index contributed by atoms with van der Waals surface area (Å²) in [4.78, 5) is 0. The molecule has 0 spiro atoms. The lowest BCUT2D eigenvalue weighted by Gasteiger charge is -2.18. The van der Waals surface area contributed by atoms with E-state index in [-0.39, 0.29) is 6.10 Å². The van der Waals surface area contributed by atoms with E-state index in [1.807, 2.05) is 0 Å². The van der Waals surface area contributed by atoms with Crippen molar-refractivity contribution < 1.29 is 4.74 Å². The van der Waals surface area contributed by atoms with Gasteiger partial charge in [-0.2, -0.15) is 0 Å². The van der Waals surface area contributed by atoms with Crippen LogP contribution in [0.4, 0.5) is 0 Å². The molecule has 1 saturated heterocycles. The van der Waals surface area contributed by atoms with Crippen LogP contribution < -0.4 is 5.32 Å². The summed E-state index contributed by atoms with van der Waals surface area (Å²) in [5.74, 6) is 0. The molecule has 2 aromatic rings. The largest absolute Gasteiger partial charge is 0.356 e. The number of rotatable bonds is 0. The lowest BCUT2D eigenvalue weighted by atomic mass is 9.97. The molecule has 0 aromatic heterocycles. The molecule has 1 fully saturated rings. The van der Waals surface area contributed by atoms with E-state index in [2.05, 4.69) is 53.8 Å². The highest BCUT2D eigenvalue weighted by Gasteiger charge is 2.35. The highest BCUT2D eigenvalue weighted by Crippen LogP contribution is 2.42. The number of benzene rings is 2.